The summed E-state index contributed by atoms with van der Waals surface area (Å²) in [6, 6.07) is 9.78. The van der Waals surface area contributed by atoms with Gasteiger partial charge in [-0.1, -0.05) is 31.0 Å². The molecule has 2 N–H and O–H groups in total. The number of benzene rings is 1. The second kappa shape index (κ2) is 8.08. The van der Waals surface area contributed by atoms with Crippen molar-refractivity contribution in [2.75, 3.05) is 7.11 Å². The highest BCUT2D eigenvalue weighted by Gasteiger charge is 2.19. The van der Waals surface area contributed by atoms with E-state index in [1.807, 2.05) is 30.3 Å². The molecule has 1 saturated carbocycles. The van der Waals surface area contributed by atoms with Crippen molar-refractivity contribution < 1.29 is 9.53 Å². The van der Waals surface area contributed by atoms with E-state index in [9.17, 15) is 4.79 Å². The molecule has 1 fully saturated rings. The van der Waals surface area contributed by atoms with Crippen LogP contribution in [0.4, 0.5) is 0 Å². The zero-order chi connectivity index (χ0) is 15.8. The number of carbonyl (C=O) groups excluding carboxylic acids is 1. The molecule has 0 aliphatic heterocycles. The first kappa shape index (κ1) is 15.9. The molecule has 0 bridgehead atoms. The summed E-state index contributed by atoms with van der Waals surface area (Å²) in [4.78, 5) is 12.0. The van der Waals surface area contributed by atoms with Crippen molar-refractivity contribution in [1.29, 1.82) is 5.26 Å². The van der Waals surface area contributed by atoms with Crippen LogP contribution in [0.3, 0.4) is 0 Å². The molecule has 2 rings (SSSR count). The number of ether oxygens (including phenoxy) is 1. The lowest BCUT2D eigenvalue weighted by Gasteiger charge is -2.11. The molecule has 0 saturated heterocycles. The number of nitriles is 1. The van der Waals surface area contributed by atoms with E-state index in [0.29, 0.717) is 6.54 Å². The van der Waals surface area contributed by atoms with Crippen LogP contribution in [0.25, 0.3) is 0 Å². The van der Waals surface area contributed by atoms with E-state index in [1.165, 1.54) is 6.20 Å². The number of nitrogens with zero attached hydrogens (tertiary/aromatic N) is 1. The van der Waals surface area contributed by atoms with Crippen LogP contribution in [-0.4, -0.2) is 19.1 Å². The Bertz CT molecular complexity index is 584. The quantitative estimate of drug-likeness (QED) is 0.624. The minimum atomic E-state index is -0.304. The van der Waals surface area contributed by atoms with Crippen LogP contribution < -0.4 is 15.4 Å². The summed E-state index contributed by atoms with van der Waals surface area (Å²) in [5.74, 6) is 0.472. The molecule has 0 spiro atoms. The van der Waals surface area contributed by atoms with Gasteiger partial charge in [0.2, 0.25) is 0 Å². The number of hydrogen-bond acceptors (Lipinski definition) is 4. The van der Waals surface area contributed by atoms with E-state index in [4.69, 9.17) is 10.00 Å². The highest BCUT2D eigenvalue weighted by atomic mass is 16.5. The van der Waals surface area contributed by atoms with E-state index < -0.39 is 0 Å². The summed E-state index contributed by atoms with van der Waals surface area (Å²) in [6.07, 6.45) is 5.75. The van der Waals surface area contributed by atoms with Crippen molar-refractivity contribution in [1.82, 2.24) is 10.6 Å². The monoisotopic (exact) mass is 299 g/mol. The average Bonchev–Trinajstić information content (AvgIpc) is 3.04. The molecule has 0 atom stereocenters. The number of para-hydroxylation sites is 1. The van der Waals surface area contributed by atoms with Gasteiger partial charge in [0.15, 0.2) is 0 Å². The molecule has 22 heavy (non-hydrogen) atoms. The largest absolute Gasteiger partial charge is 0.496 e. The van der Waals surface area contributed by atoms with Crippen molar-refractivity contribution in [2.45, 2.75) is 38.3 Å². The summed E-state index contributed by atoms with van der Waals surface area (Å²) < 4.78 is 5.26. The molecule has 5 nitrogen and oxygen atoms in total. The number of rotatable bonds is 6. The fourth-order valence-electron chi connectivity index (χ4n) is 2.59. The van der Waals surface area contributed by atoms with Crippen molar-refractivity contribution >= 4 is 5.91 Å². The van der Waals surface area contributed by atoms with Crippen LogP contribution in [0.1, 0.15) is 31.2 Å². The second-order valence-electron chi connectivity index (χ2n) is 5.32. The van der Waals surface area contributed by atoms with Gasteiger partial charge < -0.3 is 15.4 Å². The second-order valence-corrected chi connectivity index (χ2v) is 5.32. The molecule has 1 aromatic carbocycles. The predicted molar refractivity (Wildman–Crippen MR) is 83.9 cm³/mol. The molecule has 0 unspecified atom stereocenters. The molecule has 0 radical (unpaired) electrons. The summed E-state index contributed by atoms with van der Waals surface area (Å²) in [7, 11) is 1.62. The van der Waals surface area contributed by atoms with Gasteiger partial charge in [0.05, 0.1) is 7.11 Å². The summed E-state index contributed by atoms with van der Waals surface area (Å²) in [5, 5.41) is 15.0. The molecule has 116 valence electrons. The van der Waals surface area contributed by atoms with Gasteiger partial charge in [0, 0.05) is 24.4 Å². The van der Waals surface area contributed by atoms with Crippen LogP contribution in [0.15, 0.2) is 36.0 Å². The van der Waals surface area contributed by atoms with E-state index in [2.05, 4.69) is 10.6 Å². The maximum Gasteiger partial charge on any atom is 0.263 e. The molecule has 0 heterocycles. The van der Waals surface area contributed by atoms with E-state index in [1.54, 1.807) is 7.11 Å². The normalized spacial score (nSPS) is 15.2. The molecular weight excluding hydrogens is 278 g/mol. The third-order valence-electron chi connectivity index (χ3n) is 3.79. The Morgan fingerprint density at radius 1 is 1.41 bits per heavy atom. The smallest absolute Gasteiger partial charge is 0.263 e. The minimum Gasteiger partial charge on any atom is -0.496 e. The summed E-state index contributed by atoms with van der Waals surface area (Å²) in [5.41, 5.74) is 1.07. The summed E-state index contributed by atoms with van der Waals surface area (Å²) in [6.45, 7) is 0.492. The minimum absolute atomic E-state index is 0.0989. The molecule has 1 aliphatic carbocycles. The molecule has 1 amide bonds. The predicted octanol–water partition coefficient (Wildman–Crippen LogP) is 2.25. The number of amides is 1. The topological polar surface area (TPSA) is 74.1 Å². The lowest BCUT2D eigenvalue weighted by molar-refractivity contribution is -0.117. The van der Waals surface area contributed by atoms with Crippen molar-refractivity contribution in [3.8, 4) is 11.8 Å². The number of methoxy groups -OCH3 is 1. The Kier molecular flexibility index (Phi) is 5.84. The Balaban J connectivity index is 1.91. The van der Waals surface area contributed by atoms with E-state index in [-0.39, 0.29) is 17.5 Å². The zero-order valence-electron chi connectivity index (χ0n) is 12.8. The molecule has 1 aliphatic rings. The van der Waals surface area contributed by atoms with Gasteiger partial charge in [-0.3, -0.25) is 4.79 Å². The Hall–Kier alpha value is -2.48. The van der Waals surface area contributed by atoms with Crippen molar-refractivity contribution in [2.24, 2.45) is 0 Å². The van der Waals surface area contributed by atoms with Gasteiger partial charge >= 0.3 is 0 Å². The standard InChI is InChI=1S/C17H21N3O2/c1-22-16-9-5-2-6-13(16)11-19-12-14(10-18)17(21)20-15-7-3-4-8-15/h2,5-6,9,12,15,19H,3-4,7-8,11H2,1H3,(H,20,21)/b14-12-. The number of hydrogen-bond donors (Lipinski definition) is 2. The van der Waals surface area contributed by atoms with Gasteiger partial charge in [-0.05, 0) is 18.9 Å². The molecular formula is C17H21N3O2. The van der Waals surface area contributed by atoms with Crippen molar-refractivity contribution in [3.05, 3.63) is 41.6 Å². The molecule has 5 heteroatoms. The third kappa shape index (κ3) is 4.26. The maximum atomic E-state index is 12.0. The van der Waals surface area contributed by atoms with Gasteiger partial charge in [0.1, 0.15) is 17.4 Å². The van der Waals surface area contributed by atoms with Gasteiger partial charge in [-0.15, -0.1) is 0 Å². The summed E-state index contributed by atoms with van der Waals surface area (Å²) >= 11 is 0. The SMILES string of the molecule is COc1ccccc1CN/C=C(/C#N)C(=O)NC1CCCC1. The Labute approximate surface area is 131 Å². The van der Waals surface area contributed by atoms with Crippen LogP contribution in [0, 0.1) is 11.3 Å². The van der Waals surface area contributed by atoms with Gasteiger partial charge in [-0.2, -0.15) is 5.26 Å². The number of nitrogens with one attached hydrogen (secondary N) is 2. The van der Waals surface area contributed by atoms with Crippen molar-refractivity contribution in [3.63, 3.8) is 0 Å². The van der Waals surface area contributed by atoms with Crippen LogP contribution in [0.5, 0.6) is 5.75 Å². The van der Waals surface area contributed by atoms with Crippen LogP contribution in [0.2, 0.25) is 0 Å². The zero-order valence-corrected chi connectivity index (χ0v) is 12.8. The van der Waals surface area contributed by atoms with E-state index >= 15 is 0 Å². The first-order valence-corrected chi connectivity index (χ1v) is 7.51. The van der Waals surface area contributed by atoms with E-state index in [0.717, 1.165) is 37.0 Å². The van der Waals surface area contributed by atoms with Crippen LogP contribution >= 0.6 is 0 Å². The third-order valence-corrected chi connectivity index (χ3v) is 3.79. The highest BCUT2D eigenvalue weighted by molar-refractivity contribution is 5.97. The van der Waals surface area contributed by atoms with Gasteiger partial charge in [0.25, 0.3) is 5.91 Å². The Morgan fingerprint density at radius 2 is 2.14 bits per heavy atom. The highest BCUT2D eigenvalue weighted by Crippen LogP contribution is 2.18. The lowest BCUT2D eigenvalue weighted by Crippen LogP contribution is -2.33. The Morgan fingerprint density at radius 3 is 2.82 bits per heavy atom. The first-order chi connectivity index (χ1) is 10.7. The maximum absolute atomic E-state index is 12.0. The first-order valence-electron chi connectivity index (χ1n) is 7.51. The fraction of sp³-hybridized carbons (Fsp3) is 0.412. The number of carbonyl (C=O) groups is 1. The van der Waals surface area contributed by atoms with Gasteiger partial charge in [-0.25, -0.2) is 0 Å². The lowest BCUT2D eigenvalue weighted by atomic mass is 10.2. The molecule has 0 aromatic heterocycles. The average molecular weight is 299 g/mol. The fourth-order valence-corrected chi connectivity index (χ4v) is 2.59. The molecule has 1 aromatic rings. The van der Waals surface area contributed by atoms with Crippen LogP contribution in [-0.2, 0) is 11.3 Å².